The van der Waals surface area contributed by atoms with Crippen LogP contribution in [0.3, 0.4) is 0 Å². The molecule has 2 N–H and O–H groups in total. The molecule has 192 valence electrons. The number of aromatic nitrogens is 3. The number of thiophene rings is 1. The van der Waals surface area contributed by atoms with Gasteiger partial charge in [-0.2, -0.15) is 0 Å². The molecule has 2 fully saturated rings. The molecule has 1 aliphatic carbocycles. The summed E-state index contributed by atoms with van der Waals surface area (Å²) in [5.41, 5.74) is 0.427. The predicted molar refractivity (Wildman–Crippen MR) is 136 cm³/mol. The molecule has 9 nitrogen and oxygen atoms in total. The molecule has 2 aliphatic rings. The zero-order chi connectivity index (χ0) is 25.7. The summed E-state index contributed by atoms with van der Waals surface area (Å²) in [6.45, 7) is 1.83. The number of carboxylic acid groups (broad SMARTS) is 1. The molecule has 0 atom stereocenters. The summed E-state index contributed by atoms with van der Waals surface area (Å²) in [4.78, 5) is 32.5. The molecule has 3 aromatic heterocycles. The van der Waals surface area contributed by atoms with E-state index in [0.29, 0.717) is 21.8 Å². The number of carbonyl (C=O) groups is 2. The van der Waals surface area contributed by atoms with Gasteiger partial charge >= 0.3 is 5.97 Å². The number of imidazole rings is 1. The summed E-state index contributed by atoms with van der Waals surface area (Å²) < 4.78 is 22.7. The predicted octanol–water partition coefficient (Wildman–Crippen LogP) is 4.65. The van der Waals surface area contributed by atoms with E-state index in [1.165, 1.54) is 34.8 Å². The molecule has 1 amide bonds. The minimum Gasteiger partial charge on any atom is -0.478 e. The number of piperidine rings is 1. The molecule has 1 saturated heterocycles. The molecule has 1 saturated carbocycles. The maximum Gasteiger partial charge on any atom is 0.335 e. The molecule has 1 aromatic carbocycles. The second-order valence-electron chi connectivity index (χ2n) is 9.45. The van der Waals surface area contributed by atoms with E-state index >= 15 is 4.39 Å². The van der Waals surface area contributed by atoms with Crippen molar-refractivity contribution in [3.8, 4) is 10.6 Å². The number of aromatic carboxylic acids is 1. The lowest BCUT2D eigenvalue weighted by Gasteiger charge is -2.32. The average Bonchev–Trinajstić information content (AvgIpc) is 3.27. The number of amides is 1. The van der Waals surface area contributed by atoms with Crippen LogP contribution in [0.5, 0.6) is 0 Å². The fraction of sp³-hybridized carbons (Fsp3) is 0.360. The minimum atomic E-state index is -1.28. The van der Waals surface area contributed by atoms with Crippen LogP contribution in [0.25, 0.3) is 21.6 Å². The van der Waals surface area contributed by atoms with Gasteiger partial charge in [0.25, 0.3) is 5.91 Å². The number of fused-ring (bicyclic) bond motifs is 1. The zero-order valence-corrected chi connectivity index (χ0v) is 21.2. The van der Waals surface area contributed by atoms with E-state index in [-0.39, 0.29) is 35.0 Å². The molecule has 0 unspecified atom stereocenters. The van der Waals surface area contributed by atoms with Crippen LogP contribution in [-0.2, 0) is 6.54 Å². The Hall–Kier alpha value is -3.28. The highest BCUT2D eigenvalue weighted by Gasteiger charge is 2.33. The number of rotatable bonds is 7. The Morgan fingerprint density at radius 2 is 1.97 bits per heavy atom. The van der Waals surface area contributed by atoms with Crippen molar-refractivity contribution in [2.24, 2.45) is 0 Å². The van der Waals surface area contributed by atoms with Crippen LogP contribution < -0.4 is 5.32 Å². The van der Waals surface area contributed by atoms with Gasteiger partial charge in [0.05, 0.1) is 26.8 Å². The van der Waals surface area contributed by atoms with Gasteiger partial charge in [-0.3, -0.25) is 4.79 Å². The standard InChI is InChI=1S/C25H23ClFN5O4S/c26-21-4-3-20(37-21)18-11-16(36-30-18)12-32-22-17(27)9-13(25(34)35)10-19(22)29-23(32)24(33)28-14-5-7-31(8-6-14)15-1-2-15/h3-4,9-11,14-15H,1-2,5-8,12H2,(H,28,33)(H,34,35). The highest BCUT2D eigenvalue weighted by Crippen LogP contribution is 2.32. The largest absolute Gasteiger partial charge is 0.478 e. The number of likely N-dealkylation sites (tertiary alicyclic amines) is 1. The third kappa shape index (κ3) is 4.86. The highest BCUT2D eigenvalue weighted by molar-refractivity contribution is 7.19. The monoisotopic (exact) mass is 543 g/mol. The van der Waals surface area contributed by atoms with Crippen LogP contribution in [0.2, 0.25) is 4.34 Å². The maximum absolute atomic E-state index is 15.2. The quantitative estimate of drug-likeness (QED) is 0.349. The molecule has 0 spiro atoms. The number of hydrogen-bond donors (Lipinski definition) is 2. The number of hydrogen-bond acceptors (Lipinski definition) is 7. The van der Waals surface area contributed by atoms with Crippen LogP contribution >= 0.6 is 22.9 Å². The van der Waals surface area contributed by atoms with Crippen LogP contribution in [-0.4, -0.2) is 61.8 Å². The number of carboxylic acids is 1. The van der Waals surface area contributed by atoms with E-state index in [1.54, 1.807) is 12.1 Å². The number of nitrogens with zero attached hydrogens (tertiary/aromatic N) is 4. The van der Waals surface area contributed by atoms with E-state index in [1.807, 2.05) is 6.07 Å². The van der Waals surface area contributed by atoms with E-state index in [0.717, 1.165) is 36.9 Å². The molecule has 4 heterocycles. The van der Waals surface area contributed by atoms with E-state index in [9.17, 15) is 14.7 Å². The molecule has 1 aliphatic heterocycles. The normalized spacial score (nSPS) is 16.9. The first-order valence-corrected chi connectivity index (χ1v) is 13.2. The summed E-state index contributed by atoms with van der Waals surface area (Å²) in [6, 6.07) is 8.14. The van der Waals surface area contributed by atoms with Gasteiger partial charge < -0.3 is 24.4 Å². The van der Waals surface area contributed by atoms with Gasteiger partial charge in [-0.1, -0.05) is 16.8 Å². The molecular formula is C25H23ClFN5O4S. The van der Waals surface area contributed by atoms with Crippen LogP contribution in [0, 0.1) is 5.82 Å². The van der Waals surface area contributed by atoms with Gasteiger partial charge in [0.1, 0.15) is 17.0 Å². The summed E-state index contributed by atoms with van der Waals surface area (Å²) in [5.74, 6) is -2.14. The Morgan fingerprint density at radius 3 is 2.65 bits per heavy atom. The summed E-state index contributed by atoms with van der Waals surface area (Å²) in [5, 5.41) is 16.5. The summed E-state index contributed by atoms with van der Waals surface area (Å²) in [7, 11) is 0. The van der Waals surface area contributed by atoms with Crippen molar-refractivity contribution < 1.29 is 23.6 Å². The molecule has 37 heavy (non-hydrogen) atoms. The SMILES string of the molecule is O=C(O)c1cc(F)c2c(c1)nc(C(=O)NC1CCN(C3CC3)CC1)n2Cc1cc(-c2ccc(Cl)s2)no1. The highest BCUT2D eigenvalue weighted by atomic mass is 35.5. The van der Waals surface area contributed by atoms with Gasteiger partial charge in [0.2, 0.25) is 5.82 Å². The van der Waals surface area contributed by atoms with Crippen molar-refractivity contribution in [1.29, 1.82) is 0 Å². The first kappa shape index (κ1) is 24.1. The topological polar surface area (TPSA) is 113 Å². The lowest BCUT2D eigenvalue weighted by atomic mass is 10.0. The zero-order valence-electron chi connectivity index (χ0n) is 19.6. The van der Waals surface area contributed by atoms with Crippen LogP contribution in [0.15, 0.2) is 34.9 Å². The maximum atomic E-state index is 15.2. The van der Waals surface area contributed by atoms with Crippen molar-refractivity contribution in [1.82, 2.24) is 24.9 Å². The lowest BCUT2D eigenvalue weighted by Crippen LogP contribution is -2.45. The first-order chi connectivity index (χ1) is 17.9. The van der Waals surface area contributed by atoms with E-state index in [4.69, 9.17) is 16.1 Å². The van der Waals surface area contributed by atoms with Gasteiger partial charge in [0, 0.05) is 31.2 Å². The van der Waals surface area contributed by atoms with Gasteiger partial charge in [-0.05, 0) is 49.9 Å². The van der Waals surface area contributed by atoms with Crippen molar-refractivity contribution in [3.63, 3.8) is 0 Å². The van der Waals surface area contributed by atoms with Crippen LogP contribution in [0.4, 0.5) is 4.39 Å². The smallest absolute Gasteiger partial charge is 0.335 e. The molecule has 0 bridgehead atoms. The number of benzene rings is 1. The Balaban J connectivity index is 1.31. The Kier molecular flexibility index (Phi) is 6.21. The van der Waals surface area contributed by atoms with Crippen molar-refractivity contribution in [3.05, 3.63) is 57.6 Å². The Morgan fingerprint density at radius 1 is 1.19 bits per heavy atom. The average molecular weight is 544 g/mol. The lowest BCUT2D eigenvalue weighted by molar-refractivity contribution is 0.0696. The van der Waals surface area contributed by atoms with Gasteiger partial charge in [-0.15, -0.1) is 11.3 Å². The summed E-state index contributed by atoms with van der Waals surface area (Å²) >= 11 is 7.37. The van der Waals surface area contributed by atoms with Crippen molar-refractivity contribution >= 4 is 45.8 Å². The van der Waals surface area contributed by atoms with E-state index < -0.39 is 17.7 Å². The minimum absolute atomic E-state index is 0.0156. The molecule has 6 rings (SSSR count). The molecule has 4 aromatic rings. The number of carbonyl (C=O) groups excluding carboxylic acids is 1. The van der Waals surface area contributed by atoms with Crippen molar-refractivity contribution in [2.45, 2.75) is 44.3 Å². The fourth-order valence-electron chi connectivity index (χ4n) is 4.88. The fourth-order valence-corrected chi connectivity index (χ4v) is 5.87. The first-order valence-electron chi connectivity index (χ1n) is 12.0. The number of nitrogens with one attached hydrogen (secondary N) is 1. The van der Waals surface area contributed by atoms with Gasteiger partial charge in [-0.25, -0.2) is 14.2 Å². The number of halogens is 2. The molecule has 12 heteroatoms. The second-order valence-corrected chi connectivity index (χ2v) is 11.2. The molecular weight excluding hydrogens is 521 g/mol. The Labute approximate surface area is 219 Å². The van der Waals surface area contributed by atoms with Gasteiger partial charge in [0.15, 0.2) is 5.76 Å². The second kappa shape index (κ2) is 9.55. The Bertz CT molecular complexity index is 1500. The molecule has 0 radical (unpaired) electrons. The summed E-state index contributed by atoms with van der Waals surface area (Å²) in [6.07, 6.45) is 4.14. The third-order valence-corrected chi connectivity index (χ3v) is 8.13. The third-order valence-electron chi connectivity index (χ3n) is 6.87. The van der Waals surface area contributed by atoms with Crippen molar-refractivity contribution in [2.75, 3.05) is 13.1 Å². The van der Waals surface area contributed by atoms with Crippen LogP contribution in [0.1, 0.15) is 52.4 Å². The van der Waals surface area contributed by atoms with E-state index in [2.05, 4.69) is 20.4 Å².